The van der Waals surface area contributed by atoms with Gasteiger partial charge in [-0.1, -0.05) is 12.1 Å². The minimum absolute atomic E-state index is 0.0323. The summed E-state index contributed by atoms with van der Waals surface area (Å²) in [6.45, 7) is 1.88. The molecule has 9 heteroatoms. The van der Waals surface area contributed by atoms with Crippen molar-refractivity contribution in [3.05, 3.63) is 54.9 Å². The number of carbonyl (C=O) groups excluding carboxylic acids is 1. The second-order valence-electron chi connectivity index (χ2n) is 6.57. The third-order valence-corrected chi connectivity index (χ3v) is 4.72. The average Bonchev–Trinajstić information content (AvgIpc) is 3.22. The first-order valence-corrected chi connectivity index (χ1v) is 9.05. The Balaban J connectivity index is 1.26. The van der Waals surface area contributed by atoms with Gasteiger partial charge in [0.1, 0.15) is 30.5 Å². The van der Waals surface area contributed by atoms with Gasteiger partial charge in [-0.25, -0.2) is 19.6 Å². The van der Waals surface area contributed by atoms with Gasteiger partial charge in [0.25, 0.3) is 0 Å². The fourth-order valence-electron chi connectivity index (χ4n) is 3.10. The van der Waals surface area contributed by atoms with Gasteiger partial charge in [0.15, 0.2) is 5.82 Å². The fraction of sp³-hybridized carbons (Fsp3) is 0.316. The highest BCUT2D eigenvalue weighted by atomic mass is 16.5. The lowest BCUT2D eigenvalue weighted by Crippen LogP contribution is -2.54. The van der Waals surface area contributed by atoms with Crippen LogP contribution in [0, 0.1) is 5.92 Å². The van der Waals surface area contributed by atoms with Gasteiger partial charge in [0.2, 0.25) is 5.91 Å². The monoisotopic (exact) mass is 379 g/mol. The van der Waals surface area contributed by atoms with E-state index in [9.17, 15) is 4.79 Å². The molecule has 1 fully saturated rings. The summed E-state index contributed by atoms with van der Waals surface area (Å²) in [7, 11) is 1.65. The zero-order chi connectivity index (χ0) is 19.3. The lowest BCUT2D eigenvalue weighted by Gasteiger charge is -2.39. The molecule has 0 radical (unpaired) electrons. The molecule has 3 aromatic rings. The molecule has 1 aliphatic heterocycles. The van der Waals surface area contributed by atoms with Gasteiger partial charge in [0.05, 0.1) is 13.0 Å². The number of hydrogen-bond donors (Lipinski definition) is 1. The van der Waals surface area contributed by atoms with Gasteiger partial charge in [-0.3, -0.25) is 4.79 Å². The lowest BCUT2D eigenvalue weighted by atomic mass is 9.99. The molecule has 0 spiro atoms. The molecule has 4 rings (SSSR count). The number of anilines is 1. The maximum atomic E-state index is 12.4. The molecule has 1 aliphatic rings. The number of nitrogens with one attached hydrogen (secondary N) is 1. The van der Waals surface area contributed by atoms with Crippen LogP contribution in [-0.4, -0.2) is 57.4 Å². The van der Waals surface area contributed by atoms with Crippen LogP contribution in [0.4, 0.5) is 5.82 Å². The van der Waals surface area contributed by atoms with Crippen molar-refractivity contribution in [1.82, 2.24) is 30.0 Å². The van der Waals surface area contributed by atoms with Crippen LogP contribution in [0.2, 0.25) is 0 Å². The first-order valence-electron chi connectivity index (χ1n) is 9.05. The molecule has 0 aliphatic carbocycles. The summed E-state index contributed by atoms with van der Waals surface area (Å²) in [5, 5.41) is 7.08. The third kappa shape index (κ3) is 3.93. The molecule has 1 amide bonds. The van der Waals surface area contributed by atoms with Gasteiger partial charge in [0, 0.05) is 25.7 Å². The Hall–Kier alpha value is -3.49. The van der Waals surface area contributed by atoms with Crippen LogP contribution in [0.25, 0.3) is 5.82 Å². The SMILES string of the molecule is COc1cccc(CCNC(=O)C2CN(c3cc(-n4cncn4)ncn3)C2)c1. The number of ether oxygens (including phenoxy) is 1. The first-order chi connectivity index (χ1) is 13.7. The number of hydrogen-bond acceptors (Lipinski definition) is 7. The molecule has 1 saturated heterocycles. The summed E-state index contributed by atoms with van der Waals surface area (Å²) in [5.41, 5.74) is 1.14. The van der Waals surface area contributed by atoms with Crippen LogP contribution in [0.3, 0.4) is 0 Å². The van der Waals surface area contributed by atoms with Crippen molar-refractivity contribution in [3.63, 3.8) is 0 Å². The predicted octanol–water partition coefficient (Wildman–Crippen LogP) is 0.861. The Morgan fingerprint density at radius 1 is 1.21 bits per heavy atom. The zero-order valence-electron chi connectivity index (χ0n) is 15.5. The van der Waals surface area contributed by atoms with E-state index in [2.05, 4.69) is 30.3 Å². The summed E-state index contributed by atoms with van der Waals surface area (Å²) in [6.07, 6.45) is 5.30. The van der Waals surface area contributed by atoms with E-state index in [4.69, 9.17) is 4.74 Å². The number of carbonyl (C=O) groups is 1. The number of benzene rings is 1. The van der Waals surface area contributed by atoms with Crippen LogP contribution >= 0.6 is 0 Å². The molecule has 0 saturated carbocycles. The summed E-state index contributed by atoms with van der Waals surface area (Å²) >= 11 is 0. The van der Waals surface area contributed by atoms with Crippen molar-refractivity contribution in [2.45, 2.75) is 6.42 Å². The van der Waals surface area contributed by atoms with Crippen molar-refractivity contribution in [1.29, 1.82) is 0 Å². The average molecular weight is 379 g/mol. The molecule has 3 heterocycles. The van der Waals surface area contributed by atoms with E-state index in [-0.39, 0.29) is 11.8 Å². The highest BCUT2D eigenvalue weighted by Gasteiger charge is 2.33. The van der Waals surface area contributed by atoms with Crippen LogP contribution in [0.1, 0.15) is 5.56 Å². The third-order valence-electron chi connectivity index (χ3n) is 4.72. The van der Waals surface area contributed by atoms with Gasteiger partial charge >= 0.3 is 0 Å². The van der Waals surface area contributed by atoms with Gasteiger partial charge < -0.3 is 15.0 Å². The summed E-state index contributed by atoms with van der Waals surface area (Å²) in [4.78, 5) is 26.8. The molecule has 9 nitrogen and oxygen atoms in total. The molecule has 0 atom stereocenters. The predicted molar refractivity (Wildman–Crippen MR) is 102 cm³/mol. The molecule has 1 N–H and O–H groups in total. The van der Waals surface area contributed by atoms with Crippen LogP contribution in [-0.2, 0) is 11.2 Å². The highest BCUT2D eigenvalue weighted by molar-refractivity contribution is 5.81. The minimum atomic E-state index is -0.0323. The lowest BCUT2D eigenvalue weighted by molar-refractivity contribution is -0.125. The number of rotatable bonds is 7. The van der Waals surface area contributed by atoms with Crippen molar-refractivity contribution in [2.24, 2.45) is 5.92 Å². The topological polar surface area (TPSA) is 98.1 Å². The minimum Gasteiger partial charge on any atom is -0.497 e. The molecule has 28 heavy (non-hydrogen) atoms. The Kier molecular flexibility index (Phi) is 5.14. The second kappa shape index (κ2) is 8.03. The van der Waals surface area contributed by atoms with Crippen molar-refractivity contribution in [3.8, 4) is 11.6 Å². The van der Waals surface area contributed by atoms with E-state index in [0.717, 1.165) is 23.6 Å². The Morgan fingerprint density at radius 3 is 2.86 bits per heavy atom. The largest absolute Gasteiger partial charge is 0.497 e. The van der Waals surface area contributed by atoms with Crippen LogP contribution in [0.15, 0.2) is 49.3 Å². The quantitative estimate of drug-likeness (QED) is 0.650. The van der Waals surface area contributed by atoms with E-state index >= 15 is 0 Å². The second-order valence-corrected chi connectivity index (χ2v) is 6.57. The molecular formula is C19H21N7O2. The summed E-state index contributed by atoms with van der Waals surface area (Å²) in [6, 6.07) is 9.72. The summed E-state index contributed by atoms with van der Waals surface area (Å²) in [5.74, 6) is 2.29. The van der Waals surface area contributed by atoms with Crippen molar-refractivity contribution >= 4 is 11.7 Å². The molecule has 1 aromatic carbocycles. The Morgan fingerprint density at radius 2 is 2.07 bits per heavy atom. The number of aromatic nitrogens is 5. The standard InChI is InChI=1S/C19H21N7O2/c1-28-16-4-2-3-14(7-16)5-6-21-19(27)15-9-25(10-15)17-8-18(23-12-22-17)26-13-20-11-24-26/h2-4,7-8,11-13,15H,5-6,9-10H2,1H3,(H,21,27). The summed E-state index contributed by atoms with van der Waals surface area (Å²) < 4.78 is 6.80. The van der Waals surface area contributed by atoms with E-state index < -0.39 is 0 Å². The number of amides is 1. The van der Waals surface area contributed by atoms with Crippen LogP contribution in [0.5, 0.6) is 5.75 Å². The molecule has 0 bridgehead atoms. The van der Waals surface area contributed by atoms with Crippen LogP contribution < -0.4 is 15.0 Å². The maximum Gasteiger partial charge on any atom is 0.226 e. The maximum absolute atomic E-state index is 12.4. The molecule has 0 unspecified atom stereocenters. The fourth-order valence-corrected chi connectivity index (χ4v) is 3.10. The van der Waals surface area contributed by atoms with Gasteiger partial charge in [-0.05, 0) is 24.1 Å². The zero-order valence-corrected chi connectivity index (χ0v) is 15.5. The first kappa shape index (κ1) is 17.9. The van der Waals surface area contributed by atoms with E-state index in [1.807, 2.05) is 30.3 Å². The molecular weight excluding hydrogens is 358 g/mol. The Labute approximate surface area is 162 Å². The van der Waals surface area contributed by atoms with Gasteiger partial charge in [-0.2, -0.15) is 5.10 Å². The Bertz CT molecular complexity index is 939. The number of methoxy groups -OCH3 is 1. The van der Waals surface area contributed by atoms with Crippen molar-refractivity contribution < 1.29 is 9.53 Å². The molecule has 2 aromatic heterocycles. The van der Waals surface area contributed by atoms with Gasteiger partial charge in [-0.15, -0.1) is 0 Å². The molecule has 144 valence electrons. The van der Waals surface area contributed by atoms with E-state index in [0.29, 0.717) is 25.5 Å². The smallest absolute Gasteiger partial charge is 0.226 e. The normalized spacial score (nSPS) is 13.8. The van der Waals surface area contributed by atoms with E-state index in [1.165, 1.54) is 12.7 Å². The number of nitrogens with zero attached hydrogens (tertiary/aromatic N) is 6. The van der Waals surface area contributed by atoms with E-state index in [1.54, 1.807) is 18.1 Å². The highest BCUT2D eigenvalue weighted by Crippen LogP contribution is 2.23. The van der Waals surface area contributed by atoms with Crippen molar-refractivity contribution in [2.75, 3.05) is 31.6 Å².